The Hall–Kier alpha value is -5.29. The van der Waals surface area contributed by atoms with Gasteiger partial charge in [0.25, 0.3) is 0 Å². The Morgan fingerprint density at radius 2 is 0.814 bits per heavy atom. The van der Waals surface area contributed by atoms with Gasteiger partial charge in [-0.15, -0.1) is 0 Å². The van der Waals surface area contributed by atoms with E-state index in [1.165, 1.54) is 12.1 Å². The lowest BCUT2D eigenvalue weighted by molar-refractivity contribution is -0.137. The van der Waals surface area contributed by atoms with Crippen molar-refractivity contribution in [1.29, 1.82) is 0 Å². The Morgan fingerprint density at radius 3 is 1.23 bits per heavy atom. The second-order valence-corrected chi connectivity index (χ2v) is 11.0. The minimum atomic E-state index is -4.50. The van der Waals surface area contributed by atoms with E-state index in [0.29, 0.717) is 11.3 Å². The van der Waals surface area contributed by atoms with Gasteiger partial charge in [-0.1, -0.05) is 84.4 Å². The van der Waals surface area contributed by atoms with Gasteiger partial charge in [-0.3, -0.25) is 0 Å². The highest BCUT2D eigenvalue weighted by molar-refractivity contribution is 6.11. The molecule has 2 heterocycles. The molecule has 0 saturated heterocycles. The summed E-state index contributed by atoms with van der Waals surface area (Å²) < 4.78 is 47.2. The van der Waals surface area contributed by atoms with Crippen molar-refractivity contribution in [3.05, 3.63) is 145 Å². The average molecular weight is 567 g/mol. The number of rotatable bonds is 3. The van der Waals surface area contributed by atoms with Crippen LogP contribution in [0.25, 0.3) is 66.1 Å². The van der Waals surface area contributed by atoms with E-state index in [1.807, 2.05) is 85.8 Å². The molecular weight excluding hydrogens is 541 g/mol. The first-order chi connectivity index (χ1) is 20.9. The van der Waals surface area contributed by atoms with Crippen molar-refractivity contribution in [1.82, 2.24) is 9.13 Å². The molecule has 0 saturated carbocycles. The molecule has 208 valence electrons. The normalized spacial score (nSPS) is 12.2. The van der Waals surface area contributed by atoms with Crippen LogP contribution in [0.2, 0.25) is 0 Å². The van der Waals surface area contributed by atoms with Crippen LogP contribution in [-0.4, -0.2) is 9.13 Å². The van der Waals surface area contributed by atoms with Gasteiger partial charge in [-0.25, -0.2) is 0 Å². The summed E-state index contributed by atoms with van der Waals surface area (Å²) in [5.74, 6) is 0. The van der Waals surface area contributed by atoms with Crippen molar-refractivity contribution in [2.45, 2.75) is 13.1 Å². The van der Waals surface area contributed by atoms with Crippen molar-refractivity contribution in [3.63, 3.8) is 0 Å². The van der Waals surface area contributed by atoms with E-state index in [2.05, 4.69) is 45.5 Å². The van der Waals surface area contributed by atoms with Gasteiger partial charge in [0.2, 0.25) is 0 Å². The van der Waals surface area contributed by atoms with Crippen LogP contribution in [0.5, 0.6) is 0 Å². The van der Waals surface area contributed by atoms with Gasteiger partial charge < -0.3 is 9.13 Å². The van der Waals surface area contributed by atoms with Gasteiger partial charge in [0.15, 0.2) is 0 Å². The zero-order valence-corrected chi connectivity index (χ0v) is 23.2. The van der Waals surface area contributed by atoms with Crippen LogP contribution < -0.4 is 0 Å². The molecule has 0 bridgehead atoms. The van der Waals surface area contributed by atoms with E-state index in [-0.39, 0.29) is 0 Å². The lowest BCUT2D eigenvalue weighted by Gasteiger charge is -2.20. The molecule has 5 heteroatoms. The summed E-state index contributed by atoms with van der Waals surface area (Å²) in [5, 5.41) is 4.29. The van der Waals surface area contributed by atoms with Crippen LogP contribution in [0.3, 0.4) is 0 Å². The molecule has 0 atom stereocenters. The highest BCUT2D eigenvalue weighted by Gasteiger charge is 2.32. The molecule has 0 fully saturated rings. The minimum absolute atomic E-state index is 0.516. The van der Waals surface area contributed by atoms with E-state index in [0.717, 1.165) is 60.4 Å². The monoisotopic (exact) mass is 566 g/mol. The lowest BCUT2D eigenvalue weighted by Crippen LogP contribution is -2.08. The Bertz CT molecular complexity index is 2250. The molecule has 43 heavy (non-hydrogen) atoms. The summed E-state index contributed by atoms with van der Waals surface area (Å²) in [7, 11) is 0. The number of hydrogen-bond acceptors (Lipinski definition) is 0. The number of halogens is 3. The minimum Gasteiger partial charge on any atom is -0.309 e. The standard InChI is InChI=1S/C38H25F3N2/c1-24-18-20-36(42-32-14-6-2-10-26(32)27-11-3-7-15-33(27)42)30(22-24)31-23-25(38(39,40)41)19-21-37(31)43-34-16-8-4-12-28(34)29-13-5-9-17-35(29)43/h2-23H,1H3. The third-order valence-corrected chi connectivity index (χ3v) is 8.41. The fraction of sp³-hybridized carbons (Fsp3) is 0.0526. The maximum Gasteiger partial charge on any atom is 0.416 e. The molecule has 0 aliphatic carbocycles. The molecule has 0 aliphatic heterocycles. The Kier molecular flexibility index (Phi) is 5.54. The molecule has 2 nitrogen and oxygen atoms in total. The summed E-state index contributed by atoms with van der Waals surface area (Å²) in [5.41, 5.74) is 6.93. The summed E-state index contributed by atoms with van der Waals surface area (Å²) in [6.45, 7) is 1.98. The molecule has 0 spiro atoms. The van der Waals surface area contributed by atoms with Gasteiger partial charge in [0.1, 0.15) is 0 Å². The Balaban J connectivity index is 1.52. The predicted octanol–water partition coefficient (Wildman–Crippen LogP) is 10.9. The summed E-state index contributed by atoms with van der Waals surface area (Å²) in [4.78, 5) is 0. The molecule has 0 N–H and O–H groups in total. The van der Waals surface area contributed by atoms with Crippen molar-refractivity contribution < 1.29 is 13.2 Å². The van der Waals surface area contributed by atoms with Crippen molar-refractivity contribution in [2.75, 3.05) is 0 Å². The lowest BCUT2D eigenvalue weighted by atomic mass is 9.96. The number of hydrogen-bond donors (Lipinski definition) is 0. The van der Waals surface area contributed by atoms with E-state index >= 15 is 0 Å². The quantitative estimate of drug-likeness (QED) is 0.201. The van der Waals surface area contributed by atoms with Crippen LogP contribution >= 0.6 is 0 Å². The number of nitrogens with zero attached hydrogens (tertiary/aromatic N) is 2. The second-order valence-electron chi connectivity index (χ2n) is 11.0. The summed E-state index contributed by atoms with van der Waals surface area (Å²) in [6, 6.07) is 42.6. The number of aromatic nitrogens is 2. The molecule has 8 rings (SSSR count). The van der Waals surface area contributed by atoms with Crippen LogP contribution in [0, 0.1) is 6.92 Å². The molecule has 0 aliphatic rings. The highest BCUT2D eigenvalue weighted by atomic mass is 19.4. The molecule has 0 amide bonds. The average Bonchev–Trinajstić information content (AvgIpc) is 3.53. The molecule has 0 radical (unpaired) electrons. The zero-order valence-electron chi connectivity index (χ0n) is 23.2. The zero-order chi connectivity index (χ0) is 29.3. The number of aryl methyl sites for hydroxylation is 1. The second kappa shape index (κ2) is 9.36. The van der Waals surface area contributed by atoms with Gasteiger partial charge in [0.05, 0.1) is 39.0 Å². The fourth-order valence-corrected chi connectivity index (χ4v) is 6.55. The van der Waals surface area contributed by atoms with Gasteiger partial charge in [0, 0.05) is 32.7 Å². The van der Waals surface area contributed by atoms with Crippen molar-refractivity contribution >= 4 is 43.6 Å². The molecule has 6 aromatic carbocycles. The summed E-state index contributed by atoms with van der Waals surface area (Å²) in [6.07, 6.45) is -4.50. The number of benzene rings is 6. The van der Waals surface area contributed by atoms with E-state index < -0.39 is 11.7 Å². The fourth-order valence-electron chi connectivity index (χ4n) is 6.55. The van der Waals surface area contributed by atoms with Crippen molar-refractivity contribution in [3.8, 4) is 22.5 Å². The predicted molar refractivity (Wildman–Crippen MR) is 170 cm³/mol. The number of para-hydroxylation sites is 4. The smallest absolute Gasteiger partial charge is 0.309 e. The maximum absolute atomic E-state index is 14.3. The first-order valence-electron chi connectivity index (χ1n) is 14.2. The Labute approximate surface area is 245 Å². The van der Waals surface area contributed by atoms with Crippen LogP contribution in [0.1, 0.15) is 11.1 Å². The van der Waals surface area contributed by atoms with Gasteiger partial charge in [-0.2, -0.15) is 13.2 Å². The van der Waals surface area contributed by atoms with Crippen LogP contribution in [-0.2, 0) is 6.18 Å². The van der Waals surface area contributed by atoms with Crippen LogP contribution in [0.15, 0.2) is 133 Å². The van der Waals surface area contributed by atoms with E-state index in [9.17, 15) is 13.2 Å². The van der Waals surface area contributed by atoms with E-state index in [4.69, 9.17) is 0 Å². The molecule has 0 unspecified atom stereocenters. The SMILES string of the molecule is Cc1ccc(-n2c3ccccc3c3ccccc32)c(-c2cc(C(F)(F)F)ccc2-n2c3ccccc3c3ccccc32)c1. The topological polar surface area (TPSA) is 9.86 Å². The molecule has 2 aromatic heterocycles. The first-order valence-corrected chi connectivity index (χ1v) is 14.2. The third-order valence-electron chi connectivity index (χ3n) is 8.41. The van der Waals surface area contributed by atoms with Gasteiger partial charge >= 0.3 is 6.18 Å². The largest absolute Gasteiger partial charge is 0.416 e. The molecular formula is C38H25F3N2. The van der Waals surface area contributed by atoms with Gasteiger partial charge in [-0.05, 0) is 61.5 Å². The van der Waals surface area contributed by atoms with Crippen molar-refractivity contribution in [2.24, 2.45) is 0 Å². The maximum atomic E-state index is 14.3. The Morgan fingerprint density at radius 1 is 0.442 bits per heavy atom. The molecule has 8 aromatic rings. The van der Waals surface area contributed by atoms with Crippen LogP contribution in [0.4, 0.5) is 13.2 Å². The van der Waals surface area contributed by atoms with E-state index in [1.54, 1.807) is 6.07 Å². The third kappa shape index (κ3) is 3.88. The number of fused-ring (bicyclic) bond motifs is 6. The summed E-state index contributed by atoms with van der Waals surface area (Å²) >= 11 is 0. The first kappa shape index (κ1) is 25.4. The highest BCUT2D eigenvalue weighted by Crippen LogP contribution is 2.43. The number of alkyl halides is 3.